The molecule has 3 aromatic heterocycles. The number of halogens is 28. The van der Waals surface area contributed by atoms with E-state index in [-0.39, 0.29) is 96.0 Å². The fourth-order valence-electron chi connectivity index (χ4n) is 13.2. The largest absolute Gasteiger partial charge is 0.496 e. The molecule has 11 nitrogen and oxygen atoms in total. The van der Waals surface area contributed by atoms with Crippen molar-refractivity contribution < 1.29 is 124 Å². The smallest absolute Gasteiger partial charge is 0.419 e. The van der Waals surface area contributed by atoms with Crippen molar-refractivity contribution in [3.8, 4) is 11.8 Å². The fraction of sp³-hybridized carbons (Fsp3) is 0.161. The molecule has 0 radical (unpaired) electrons. The summed E-state index contributed by atoms with van der Waals surface area (Å²) < 4.78 is 336. The number of nitriles is 1. The predicted molar refractivity (Wildman–Crippen MR) is 412 cm³/mol. The molecule has 3 N–H and O–H groups in total. The monoisotopic (exact) mass is 1860 g/mol. The molecule has 3 atom stereocenters. The van der Waals surface area contributed by atoms with E-state index in [1.807, 2.05) is 6.07 Å². The van der Waals surface area contributed by atoms with E-state index in [1.165, 1.54) is 86.0 Å². The molecule has 0 saturated heterocycles. The van der Waals surface area contributed by atoms with Crippen LogP contribution in [0.1, 0.15) is 126 Å². The number of para-hydroxylation sites is 1. The Balaban J connectivity index is 0.000000197. The zero-order valence-corrected chi connectivity index (χ0v) is 66.6. The molecule has 0 aliphatic carbocycles. The quantitative estimate of drug-likeness (QED) is 0.0675. The SMILES string of the molecule is COc1ccccc1C[C@@](NC(=O)c1ccc(F)c(C(F)(F)F)c1)(c1cc(F)cc(C(F)(F)F)c1)c1ccc(Cl)cn1.Cc1ccc(C[C@@](NC(=O)c2ccc(F)c(C(F)(F)F)c2)(c2cc(F)cc(C(F)(F)F)c2)c2ccc(Cl)cn2)c(Cl)c1.N#Cc1cccc(C[C@](NC(=O)c2ccc(F)c(C(F)(F)F)c2)(c2cc(F)cc(C(F)(F)F)c2)c2ccc(Cl)cn2)c1. The van der Waals surface area contributed by atoms with E-state index in [4.69, 9.17) is 51.1 Å². The van der Waals surface area contributed by atoms with Crippen molar-refractivity contribution in [1.29, 1.82) is 5.26 Å². The van der Waals surface area contributed by atoms with Crippen molar-refractivity contribution in [2.24, 2.45) is 0 Å². The lowest BCUT2D eigenvalue weighted by atomic mass is 9.79. The maximum absolute atomic E-state index is 14.8. The van der Waals surface area contributed by atoms with Crippen LogP contribution in [-0.2, 0) is 72.9 Å². The Morgan fingerprint density at radius 1 is 0.365 bits per heavy atom. The lowest BCUT2D eigenvalue weighted by Gasteiger charge is -2.36. The molecule has 126 heavy (non-hydrogen) atoms. The Morgan fingerprint density at radius 2 is 0.706 bits per heavy atom. The van der Waals surface area contributed by atoms with Gasteiger partial charge in [-0.3, -0.25) is 29.3 Å². The molecule has 12 aromatic rings. The number of hydrogen-bond acceptors (Lipinski definition) is 8. The number of benzene rings is 9. The van der Waals surface area contributed by atoms with Crippen molar-refractivity contribution >= 4 is 64.1 Å². The third kappa shape index (κ3) is 22.8. The number of nitrogens with zero attached hydrogens (tertiary/aromatic N) is 4. The predicted octanol–water partition coefficient (Wildman–Crippen LogP) is 24.7. The third-order valence-electron chi connectivity index (χ3n) is 19.1. The minimum Gasteiger partial charge on any atom is -0.496 e. The molecule has 656 valence electrons. The van der Waals surface area contributed by atoms with Gasteiger partial charge in [-0.1, -0.05) is 88.9 Å². The number of methoxy groups -OCH3 is 1. The van der Waals surface area contributed by atoms with Crippen LogP contribution in [-0.4, -0.2) is 39.8 Å². The van der Waals surface area contributed by atoms with Crippen molar-refractivity contribution in [1.82, 2.24) is 30.9 Å². The van der Waals surface area contributed by atoms with E-state index in [0.29, 0.717) is 48.0 Å². The third-order valence-corrected chi connectivity index (χ3v) is 20.1. The first-order valence-corrected chi connectivity index (χ1v) is 37.2. The van der Waals surface area contributed by atoms with Crippen LogP contribution >= 0.6 is 46.4 Å². The zero-order chi connectivity index (χ0) is 92.8. The van der Waals surface area contributed by atoms with Crippen LogP contribution in [0.4, 0.5) is 105 Å². The molecule has 3 heterocycles. The molecule has 0 saturated carbocycles. The number of hydrogen-bond donors (Lipinski definition) is 3. The molecule has 0 unspecified atom stereocenters. The van der Waals surface area contributed by atoms with Crippen LogP contribution in [0.15, 0.2) is 231 Å². The summed E-state index contributed by atoms with van der Waals surface area (Å²) in [5.74, 6) is -12.4. The minimum atomic E-state index is -5.17. The molecule has 3 amide bonds. The average molecular weight is 1860 g/mol. The number of ether oxygens (including phenoxy) is 1. The van der Waals surface area contributed by atoms with E-state index in [0.717, 1.165) is 54.5 Å². The molecule has 39 heteroatoms. The van der Waals surface area contributed by atoms with Crippen molar-refractivity contribution in [3.05, 3.63) is 398 Å². The molecular weight excluding hydrogens is 1800 g/mol. The van der Waals surface area contributed by atoms with E-state index >= 15 is 0 Å². The summed E-state index contributed by atoms with van der Waals surface area (Å²) in [5, 5.41) is 17.2. The topological polar surface area (TPSA) is 159 Å². The molecule has 9 aromatic carbocycles. The highest BCUT2D eigenvalue weighted by Crippen LogP contribution is 2.46. The lowest BCUT2D eigenvalue weighted by molar-refractivity contribution is -0.140. The van der Waals surface area contributed by atoms with E-state index < -0.39 is 192 Å². The normalized spacial score (nSPS) is 13.4. The molecular formula is C87H53Cl4F24N7O4. The fourth-order valence-corrected chi connectivity index (χ4v) is 13.8. The standard InChI is InChI=1S/C29H18Cl2F8N2O.C29H16ClF8N3O.C29H19ClF8N2O2/c1-15-2-3-17(23(31)8-15)13-27(25-7-5-20(30)14-40-25,18-10-19(28(34,35)36)12-21(32)11-18)41-26(42)16-4-6-24(33)22(9-16)29(37,38)39;30-21-5-7-25(40-15-21)27(13-16-2-1-3-17(8-16)14-39,19-10-20(28(33,34)35)12-22(31)11-19)41-26(42)18-4-6-24(32)23(9-18)29(36,37)38;1-42-24-5-3-2-4-17(24)14-27(25-9-7-20(30)15-39-25,18-11-19(28(33,34)35)13-21(31)12-18)40-26(41)16-6-8-23(32)22(10-16)29(36,37)38/h2-12,14H,13H2,1H3,(H,41,42);1-12,15H,13H2,(H,41,42);2-13,15H,14H2,1H3,(H,40,41)/t3*27-/m101/s1. The van der Waals surface area contributed by atoms with Gasteiger partial charge in [-0.2, -0.15) is 84.3 Å². The summed E-state index contributed by atoms with van der Waals surface area (Å²) in [6.45, 7) is 1.72. The Kier molecular flexibility index (Phi) is 28.8. The minimum absolute atomic E-state index is 0.0917. The van der Waals surface area contributed by atoms with E-state index in [1.54, 1.807) is 31.2 Å². The number of nitrogens with one attached hydrogen (secondary N) is 3. The molecule has 0 aliphatic heterocycles. The Labute approximate surface area is 717 Å². The van der Waals surface area contributed by atoms with Crippen molar-refractivity contribution in [3.63, 3.8) is 0 Å². The van der Waals surface area contributed by atoms with Crippen LogP contribution in [0.5, 0.6) is 5.75 Å². The lowest BCUT2D eigenvalue weighted by Crippen LogP contribution is -2.49. The van der Waals surface area contributed by atoms with Crippen molar-refractivity contribution in [2.75, 3.05) is 7.11 Å². The van der Waals surface area contributed by atoms with Gasteiger partial charge in [0.25, 0.3) is 17.7 Å². The van der Waals surface area contributed by atoms with Crippen LogP contribution in [0.3, 0.4) is 0 Å². The summed E-state index contributed by atoms with van der Waals surface area (Å²) >= 11 is 24.4. The number of aryl methyl sites for hydroxylation is 1. The van der Waals surface area contributed by atoms with Gasteiger partial charge >= 0.3 is 37.1 Å². The van der Waals surface area contributed by atoms with Gasteiger partial charge in [-0.15, -0.1) is 0 Å². The van der Waals surface area contributed by atoms with E-state index in [2.05, 4.69) is 30.9 Å². The molecule has 0 fully saturated rings. The second-order valence-corrected chi connectivity index (χ2v) is 29.4. The van der Waals surface area contributed by atoms with Crippen LogP contribution < -0.4 is 20.7 Å². The molecule has 0 spiro atoms. The number of rotatable bonds is 19. The maximum Gasteiger partial charge on any atom is 0.419 e. The zero-order valence-electron chi connectivity index (χ0n) is 63.6. The second-order valence-electron chi connectivity index (χ2n) is 27.7. The molecule has 0 bridgehead atoms. The second kappa shape index (κ2) is 37.8. The van der Waals surface area contributed by atoms with Gasteiger partial charge in [-0.25, -0.2) is 26.3 Å². The first kappa shape index (κ1) is 95.8. The van der Waals surface area contributed by atoms with E-state index in [9.17, 15) is 125 Å². The number of amides is 3. The molecule has 0 aliphatic rings. The Morgan fingerprint density at radius 3 is 1.02 bits per heavy atom. The maximum atomic E-state index is 14.8. The van der Waals surface area contributed by atoms with Crippen LogP contribution in [0, 0.1) is 53.2 Å². The van der Waals surface area contributed by atoms with Gasteiger partial charge in [0.05, 0.1) is 84.3 Å². The highest BCUT2D eigenvalue weighted by molar-refractivity contribution is 6.31. The summed E-state index contributed by atoms with van der Waals surface area (Å²) in [7, 11) is 1.32. The number of alkyl halides is 18. The Bertz CT molecular complexity index is 6090. The van der Waals surface area contributed by atoms with Gasteiger partial charge in [0.1, 0.15) is 57.3 Å². The summed E-state index contributed by atoms with van der Waals surface area (Å²) in [5.41, 5.74) is -18.1. The van der Waals surface area contributed by atoms with Gasteiger partial charge < -0.3 is 20.7 Å². The van der Waals surface area contributed by atoms with Crippen LogP contribution in [0.2, 0.25) is 20.1 Å². The highest BCUT2D eigenvalue weighted by atomic mass is 35.5. The van der Waals surface area contributed by atoms with Crippen LogP contribution in [0.25, 0.3) is 0 Å². The number of carbonyl (C=O) groups excluding carboxylic acids is 3. The summed E-state index contributed by atoms with van der Waals surface area (Å²) in [4.78, 5) is 53.2. The first-order valence-electron chi connectivity index (χ1n) is 35.7. The van der Waals surface area contributed by atoms with Gasteiger partial charge in [0.15, 0.2) is 0 Å². The molecule has 12 rings (SSSR count). The average Bonchev–Trinajstić information content (AvgIpc) is 0.756. The van der Waals surface area contributed by atoms with Gasteiger partial charge in [0, 0.05) is 59.6 Å². The summed E-state index contributed by atoms with van der Waals surface area (Å²) in [6, 6.07) is 35.3. The number of carbonyl (C=O) groups is 3. The first-order chi connectivity index (χ1) is 58.7. The summed E-state index contributed by atoms with van der Waals surface area (Å²) in [6.07, 6.45) is -28.5. The van der Waals surface area contributed by atoms with Crippen molar-refractivity contribution in [2.45, 2.75) is 79.9 Å². The number of pyridine rings is 3. The van der Waals surface area contributed by atoms with Gasteiger partial charge in [0.2, 0.25) is 0 Å². The Hall–Kier alpha value is -12.4. The number of aromatic nitrogens is 3. The highest BCUT2D eigenvalue weighted by Gasteiger charge is 2.47. The van der Waals surface area contributed by atoms with Gasteiger partial charge in [-0.05, 0) is 216 Å².